The molecule has 0 amide bonds. The van der Waals surface area contributed by atoms with Crippen LogP contribution in [0.1, 0.15) is 0 Å². The quantitative estimate of drug-likeness (QED) is 0.791. The van der Waals surface area contributed by atoms with E-state index in [1.807, 2.05) is 36.0 Å². The number of rotatable bonds is 3. The Morgan fingerprint density at radius 2 is 2.00 bits per heavy atom. The lowest BCUT2D eigenvalue weighted by Gasteiger charge is -2.12. The monoisotopic (exact) mass is 218 g/mol. The predicted octanol–water partition coefficient (Wildman–Crippen LogP) is 2.10. The number of methoxy groups -OCH3 is 2. The van der Waals surface area contributed by atoms with Gasteiger partial charge >= 0.3 is 0 Å². The summed E-state index contributed by atoms with van der Waals surface area (Å²) in [5, 5.41) is 0. The first kappa shape index (κ1) is 10.5. The summed E-state index contributed by atoms with van der Waals surface area (Å²) in [6.07, 6.45) is 3.64. The van der Waals surface area contributed by atoms with Crippen LogP contribution in [0.2, 0.25) is 0 Å². The van der Waals surface area contributed by atoms with E-state index in [2.05, 4.69) is 4.98 Å². The lowest BCUT2D eigenvalue weighted by atomic mass is 10.2. The first-order valence-corrected chi connectivity index (χ1v) is 4.96. The van der Waals surface area contributed by atoms with E-state index in [-0.39, 0.29) is 0 Å². The Bertz CT molecular complexity index is 469. The van der Waals surface area contributed by atoms with E-state index in [9.17, 15) is 0 Å². The second kappa shape index (κ2) is 4.26. The van der Waals surface area contributed by atoms with Crippen LogP contribution in [-0.4, -0.2) is 23.8 Å². The van der Waals surface area contributed by atoms with E-state index in [1.54, 1.807) is 20.4 Å². The van der Waals surface area contributed by atoms with Gasteiger partial charge in [0.2, 0.25) is 5.88 Å². The minimum absolute atomic E-state index is 0.571. The van der Waals surface area contributed by atoms with Gasteiger partial charge in [-0.2, -0.15) is 0 Å². The Hall–Kier alpha value is -1.97. The Kier molecular flexibility index (Phi) is 2.81. The van der Waals surface area contributed by atoms with Crippen molar-refractivity contribution < 1.29 is 9.47 Å². The molecule has 0 aliphatic heterocycles. The Balaban J connectivity index is 2.66. The number of aryl methyl sites for hydroxylation is 1. The highest BCUT2D eigenvalue weighted by Crippen LogP contribution is 2.36. The molecule has 4 heteroatoms. The maximum Gasteiger partial charge on any atom is 0.226 e. The van der Waals surface area contributed by atoms with Crippen LogP contribution in [0.3, 0.4) is 0 Å². The number of hydrogen-bond donors (Lipinski definition) is 0. The smallest absolute Gasteiger partial charge is 0.226 e. The molecule has 0 fully saturated rings. The summed E-state index contributed by atoms with van der Waals surface area (Å²) in [7, 11) is 5.22. The van der Waals surface area contributed by atoms with Gasteiger partial charge in [0.1, 0.15) is 11.3 Å². The van der Waals surface area contributed by atoms with Crippen LogP contribution in [0.5, 0.6) is 11.6 Å². The van der Waals surface area contributed by atoms with E-state index in [0.29, 0.717) is 5.88 Å². The van der Waals surface area contributed by atoms with Gasteiger partial charge in [0.25, 0.3) is 0 Å². The second-order valence-corrected chi connectivity index (χ2v) is 3.40. The molecule has 0 atom stereocenters. The lowest BCUT2D eigenvalue weighted by Crippen LogP contribution is -1.98. The standard InChI is InChI=1S/C12H14N2O2/c1-14-8-4-5-9(14)11-10(15-2)6-7-13-12(11)16-3/h4-8H,1-3H3. The molecule has 0 saturated carbocycles. The number of aromatic nitrogens is 2. The molecule has 4 nitrogen and oxygen atoms in total. The van der Waals surface area contributed by atoms with E-state index >= 15 is 0 Å². The van der Waals surface area contributed by atoms with Gasteiger partial charge in [0, 0.05) is 19.4 Å². The Morgan fingerprint density at radius 1 is 1.19 bits per heavy atom. The summed E-state index contributed by atoms with van der Waals surface area (Å²) in [6.45, 7) is 0. The topological polar surface area (TPSA) is 36.3 Å². The number of hydrogen-bond acceptors (Lipinski definition) is 3. The molecule has 2 aromatic rings. The number of ether oxygens (including phenoxy) is 2. The van der Waals surface area contributed by atoms with Crippen LogP contribution >= 0.6 is 0 Å². The zero-order chi connectivity index (χ0) is 11.5. The minimum atomic E-state index is 0.571. The van der Waals surface area contributed by atoms with E-state index in [1.165, 1.54) is 0 Å². The normalized spacial score (nSPS) is 10.2. The largest absolute Gasteiger partial charge is 0.496 e. The summed E-state index contributed by atoms with van der Waals surface area (Å²) in [6, 6.07) is 5.80. The summed E-state index contributed by atoms with van der Waals surface area (Å²) in [4.78, 5) is 4.19. The maximum absolute atomic E-state index is 5.33. The average Bonchev–Trinajstić information content (AvgIpc) is 2.74. The molecule has 16 heavy (non-hydrogen) atoms. The first-order valence-electron chi connectivity index (χ1n) is 4.96. The molecule has 2 rings (SSSR count). The third-order valence-electron chi connectivity index (χ3n) is 2.49. The van der Waals surface area contributed by atoms with Crippen molar-refractivity contribution in [2.24, 2.45) is 7.05 Å². The second-order valence-electron chi connectivity index (χ2n) is 3.40. The van der Waals surface area contributed by atoms with Crippen LogP contribution in [0.25, 0.3) is 11.3 Å². The van der Waals surface area contributed by atoms with Gasteiger partial charge in [0.05, 0.1) is 19.9 Å². The summed E-state index contributed by atoms with van der Waals surface area (Å²) in [5.74, 6) is 1.33. The van der Waals surface area contributed by atoms with Crippen molar-refractivity contribution in [3.8, 4) is 22.9 Å². The van der Waals surface area contributed by atoms with Crippen molar-refractivity contribution in [3.63, 3.8) is 0 Å². The molecular weight excluding hydrogens is 204 g/mol. The SMILES string of the molecule is COc1ccnc(OC)c1-c1cccn1C. The Morgan fingerprint density at radius 3 is 2.56 bits per heavy atom. The highest BCUT2D eigenvalue weighted by Gasteiger charge is 2.15. The zero-order valence-corrected chi connectivity index (χ0v) is 9.60. The molecule has 0 unspecified atom stereocenters. The van der Waals surface area contributed by atoms with Gasteiger partial charge in [-0.3, -0.25) is 0 Å². The van der Waals surface area contributed by atoms with Crippen LogP contribution < -0.4 is 9.47 Å². The first-order chi connectivity index (χ1) is 7.77. The summed E-state index contributed by atoms with van der Waals surface area (Å²) in [5.41, 5.74) is 1.89. The van der Waals surface area contributed by atoms with Gasteiger partial charge in [-0.15, -0.1) is 0 Å². The fourth-order valence-corrected chi connectivity index (χ4v) is 1.71. The van der Waals surface area contributed by atoms with Gasteiger partial charge in [-0.1, -0.05) is 0 Å². The van der Waals surface area contributed by atoms with Crippen molar-refractivity contribution in [2.45, 2.75) is 0 Å². The fraction of sp³-hybridized carbons (Fsp3) is 0.250. The molecule has 2 aromatic heterocycles. The van der Waals surface area contributed by atoms with Gasteiger partial charge in [0.15, 0.2) is 0 Å². The van der Waals surface area contributed by atoms with Gasteiger partial charge < -0.3 is 14.0 Å². The number of pyridine rings is 1. The molecule has 0 aliphatic rings. The highest BCUT2D eigenvalue weighted by atomic mass is 16.5. The minimum Gasteiger partial charge on any atom is -0.496 e. The summed E-state index contributed by atoms with van der Waals surface area (Å²) >= 11 is 0. The molecule has 0 aliphatic carbocycles. The third-order valence-corrected chi connectivity index (χ3v) is 2.49. The molecule has 0 bridgehead atoms. The maximum atomic E-state index is 5.33. The molecule has 0 radical (unpaired) electrons. The molecule has 84 valence electrons. The van der Waals surface area contributed by atoms with Crippen LogP contribution in [0, 0.1) is 0 Å². The molecule has 2 heterocycles. The fourth-order valence-electron chi connectivity index (χ4n) is 1.71. The average molecular weight is 218 g/mol. The van der Waals surface area contributed by atoms with Crippen molar-refractivity contribution in [2.75, 3.05) is 14.2 Å². The molecule has 0 saturated heterocycles. The predicted molar refractivity (Wildman–Crippen MR) is 61.7 cm³/mol. The van der Waals surface area contributed by atoms with Crippen molar-refractivity contribution in [1.29, 1.82) is 0 Å². The molecular formula is C12H14N2O2. The van der Waals surface area contributed by atoms with E-state index in [4.69, 9.17) is 9.47 Å². The van der Waals surface area contributed by atoms with Crippen LogP contribution in [0.15, 0.2) is 30.6 Å². The van der Waals surface area contributed by atoms with E-state index < -0.39 is 0 Å². The van der Waals surface area contributed by atoms with Crippen LogP contribution in [0.4, 0.5) is 0 Å². The van der Waals surface area contributed by atoms with Crippen LogP contribution in [-0.2, 0) is 7.05 Å². The van der Waals surface area contributed by atoms with Crippen molar-refractivity contribution in [3.05, 3.63) is 30.6 Å². The molecule has 0 aromatic carbocycles. The van der Waals surface area contributed by atoms with Gasteiger partial charge in [-0.25, -0.2) is 4.98 Å². The molecule has 0 spiro atoms. The lowest BCUT2D eigenvalue weighted by molar-refractivity contribution is 0.385. The third kappa shape index (κ3) is 1.62. The molecule has 0 N–H and O–H groups in total. The van der Waals surface area contributed by atoms with E-state index in [0.717, 1.165) is 17.0 Å². The van der Waals surface area contributed by atoms with Gasteiger partial charge in [-0.05, 0) is 18.2 Å². The number of nitrogens with zero attached hydrogens (tertiary/aromatic N) is 2. The van der Waals surface area contributed by atoms with Crippen molar-refractivity contribution in [1.82, 2.24) is 9.55 Å². The highest BCUT2D eigenvalue weighted by molar-refractivity contribution is 5.72. The zero-order valence-electron chi connectivity index (χ0n) is 9.60. The van der Waals surface area contributed by atoms with Crippen molar-refractivity contribution >= 4 is 0 Å². The summed E-state index contributed by atoms with van der Waals surface area (Å²) < 4.78 is 12.6. The Labute approximate surface area is 94.4 Å².